The van der Waals surface area contributed by atoms with E-state index in [0.29, 0.717) is 5.57 Å². The molecular weight excluding hydrogens is 223 g/mol. The standard InChI is InChI=1S/C10H16F3NO2/c1-7(2)14(6-10(11,12)13)5-8(3)4-9(15)16/h4,7H,5-6H2,1-3H3,(H,15,16). The lowest BCUT2D eigenvalue weighted by Gasteiger charge is -2.27. The Morgan fingerprint density at radius 3 is 2.25 bits per heavy atom. The number of aliphatic carboxylic acids is 1. The fourth-order valence-corrected chi connectivity index (χ4v) is 1.23. The summed E-state index contributed by atoms with van der Waals surface area (Å²) in [7, 11) is 0. The lowest BCUT2D eigenvalue weighted by molar-refractivity contribution is -0.148. The van der Waals surface area contributed by atoms with Crippen molar-refractivity contribution in [2.24, 2.45) is 0 Å². The molecule has 0 amide bonds. The number of rotatable bonds is 5. The third-order valence-corrected chi connectivity index (χ3v) is 1.94. The van der Waals surface area contributed by atoms with Crippen molar-refractivity contribution in [2.45, 2.75) is 33.0 Å². The second kappa shape index (κ2) is 5.89. The summed E-state index contributed by atoms with van der Waals surface area (Å²) in [6.45, 7) is 3.75. The first kappa shape index (κ1) is 15.0. The third kappa shape index (κ3) is 7.28. The number of carboxylic acids is 1. The van der Waals surface area contributed by atoms with E-state index in [9.17, 15) is 18.0 Å². The predicted octanol–water partition coefficient (Wildman–Crippen LogP) is 2.29. The summed E-state index contributed by atoms with van der Waals surface area (Å²) in [5, 5.41) is 8.45. The molecule has 0 rings (SSSR count). The zero-order valence-electron chi connectivity index (χ0n) is 9.51. The van der Waals surface area contributed by atoms with Gasteiger partial charge in [0.15, 0.2) is 0 Å². The van der Waals surface area contributed by atoms with Gasteiger partial charge in [-0.3, -0.25) is 4.90 Å². The van der Waals surface area contributed by atoms with E-state index in [1.807, 2.05) is 0 Å². The van der Waals surface area contributed by atoms with Crippen molar-refractivity contribution in [3.05, 3.63) is 11.6 Å². The molecule has 0 unspecified atom stereocenters. The Bertz CT molecular complexity index is 272. The molecule has 0 heterocycles. The number of hydrogen-bond donors (Lipinski definition) is 1. The second-order valence-electron chi connectivity index (χ2n) is 3.94. The molecule has 94 valence electrons. The van der Waals surface area contributed by atoms with Crippen LogP contribution in [0.2, 0.25) is 0 Å². The number of halogens is 3. The van der Waals surface area contributed by atoms with E-state index in [1.54, 1.807) is 13.8 Å². The number of nitrogens with zero attached hydrogens (tertiary/aromatic N) is 1. The maximum atomic E-state index is 12.2. The number of hydrogen-bond acceptors (Lipinski definition) is 2. The van der Waals surface area contributed by atoms with E-state index in [0.717, 1.165) is 6.08 Å². The van der Waals surface area contributed by atoms with Crippen LogP contribution in [0.4, 0.5) is 13.2 Å². The van der Waals surface area contributed by atoms with Crippen LogP contribution < -0.4 is 0 Å². The Kier molecular flexibility index (Phi) is 5.50. The zero-order chi connectivity index (χ0) is 12.9. The average molecular weight is 239 g/mol. The van der Waals surface area contributed by atoms with Crippen molar-refractivity contribution in [1.29, 1.82) is 0 Å². The molecule has 0 aliphatic heterocycles. The van der Waals surface area contributed by atoms with Gasteiger partial charge in [-0.1, -0.05) is 5.57 Å². The normalized spacial score (nSPS) is 13.6. The minimum absolute atomic E-state index is 0.00345. The molecule has 16 heavy (non-hydrogen) atoms. The number of alkyl halides is 3. The van der Waals surface area contributed by atoms with Crippen molar-refractivity contribution in [3.63, 3.8) is 0 Å². The van der Waals surface area contributed by atoms with Gasteiger partial charge in [-0.15, -0.1) is 0 Å². The highest BCUT2D eigenvalue weighted by atomic mass is 19.4. The Morgan fingerprint density at radius 2 is 1.94 bits per heavy atom. The van der Waals surface area contributed by atoms with Crippen LogP contribution in [0.5, 0.6) is 0 Å². The largest absolute Gasteiger partial charge is 0.478 e. The van der Waals surface area contributed by atoms with E-state index in [1.165, 1.54) is 11.8 Å². The lowest BCUT2D eigenvalue weighted by Crippen LogP contribution is -2.40. The lowest BCUT2D eigenvalue weighted by atomic mass is 10.2. The molecule has 0 aromatic heterocycles. The predicted molar refractivity (Wildman–Crippen MR) is 54.2 cm³/mol. The fraction of sp³-hybridized carbons (Fsp3) is 0.700. The number of carbonyl (C=O) groups is 1. The van der Waals surface area contributed by atoms with Crippen molar-refractivity contribution in [3.8, 4) is 0 Å². The first-order valence-corrected chi connectivity index (χ1v) is 4.82. The minimum Gasteiger partial charge on any atom is -0.478 e. The highest BCUT2D eigenvalue weighted by Crippen LogP contribution is 2.18. The molecule has 0 radical (unpaired) electrons. The monoisotopic (exact) mass is 239 g/mol. The molecule has 0 spiro atoms. The van der Waals surface area contributed by atoms with Gasteiger partial charge in [0.05, 0.1) is 6.54 Å². The fourth-order valence-electron chi connectivity index (χ4n) is 1.23. The minimum atomic E-state index is -4.27. The highest BCUT2D eigenvalue weighted by molar-refractivity contribution is 5.80. The van der Waals surface area contributed by atoms with Gasteiger partial charge < -0.3 is 5.11 Å². The van der Waals surface area contributed by atoms with E-state index in [4.69, 9.17) is 5.11 Å². The van der Waals surface area contributed by atoms with Gasteiger partial charge in [0.1, 0.15) is 0 Å². The van der Waals surface area contributed by atoms with Crippen molar-refractivity contribution in [2.75, 3.05) is 13.1 Å². The topological polar surface area (TPSA) is 40.5 Å². The van der Waals surface area contributed by atoms with Crippen LogP contribution >= 0.6 is 0 Å². The smallest absolute Gasteiger partial charge is 0.401 e. The van der Waals surface area contributed by atoms with Crippen molar-refractivity contribution >= 4 is 5.97 Å². The van der Waals surface area contributed by atoms with Crippen LogP contribution in [0.15, 0.2) is 11.6 Å². The van der Waals surface area contributed by atoms with Crippen LogP contribution in [-0.2, 0) is 4.79 Å². The second-order valence-corrected chi connectivity index (χ2v) is 3.94. The molecule has 0 saturated heterocycles. The molecule has 1 N–H and O–H groups in total. The zero-order valence-corrected chi connectivity index (χ0v) is 9.51. The maximum absolute atomic E-state index is 12.2. The average Bonchev–Trinajstić information content (AvgIpc) is 1.97. The van der Waals surface area contributed by atoms with Gasteiger partial charge in [0.2, 0.25) is 0 Å². The molecule has 0 aliphatic carbocycles. The van der Waals surface area contributed by atoms with Gasteiger partial charge in [0, 0.05) is 18.7 Å². The molecule has 0 aromatic rings. The van der Waals surface area contributed by atoms with Crippen LogP contribution in [0.25, 0.3) is 0 Å². The summed E-state index contributed by atoms with van der Waals surface area (Å²) in [5.74, 6) is -1.15. The first-order chi connectivity index (χ1) is 7.11. The van der Waals surface area contributed by atoms with E-state index < -0.39 is 18.7 Å². The molecule has 0 fully saturated rings. The van der Waals surface area contributed by atoms with E-state index in [-0.39, 0.29) is 12.6 Å². The first-order valence-electron chi connectivity index (χ1n) is 4.82. The van der Waals surface area contributed by atoms with Gasteiger partial charge in [-0.2, -0.15) is 13.2 Å². The summed E-state index contributed by atoms with van der Waals surface area (Å²) < 4.78 is 36.6. The Balaban J connectivity index is 4.52. The molecule has 3 nitrogen and oxygen atoms in total. The summed E-state index contributed by atoms with van der Waals surface area (Å²) in [5.41, 5.74) is 0.394. The van der Waals surface area contributed by atoms with Gasteiger partial charge in [-0.25, -0.2) is 4.79 Å². The van der Waals surface area contributed by atoms with Gasteiger partial charge in [-0.05, 0) is 20.8 Å². The van der Waals surface area contributed by atoms with Gasteiger partial charge in [0.25, 0.3) is 0 Å². The molecule has 6 heteroatoms. The van der Waals surface area contributed by atoms with E-state index >= 15 is 0 Å². The molecule has 0 saturated carbocycles. The molecular formula is C10H16F3NO2. The molecule has 0 aliphatic rings. The molecule has 0 aromatic carbocycles. The van der Waals surface area contributed by atoms with Gasteiger partial charge >= 0.3 is 12.1 Å². The Morgan fingerprint density at radius 1 is 1.44 bits per heavy atom. The molecule has 0 atom stereocenters. The van der Waals surface area contributed by atoms with Crippen LogP contribution in [0, 0.1) is 0 Å². The van der Waals surface area contributed by atoms with Crippen molar-refractivity contribution < 1.29 is 23.1 Å². The summed E-state index contributed by atoms with van der Waals surface area (Å²) in [4.78, 5) is 11.5. The Labute approximate surface area is 92.5 Å². The van der Waals surface area contributed by atoms with Crippen molar-refractivity contribution in [1.82, 2.24) is 4.90 Å². The number of carboxylic acid groups (broad SMARTS) is 1. The van der Waals surface area contributed by atoms with Crippen LogP contribution in [-0.4, -0.2) is 41.3 Å². The summed E-state index contributed by atoms with van der Waals surface area (Å²) in [6, 6.07) is -0.293. The third-order valence-electron chi connectivity index (χ3n) is 1.94. The SMILES string of the molecule is CC(=CC(=O)O)CN(CC(F)(F)F)C(C)C. The summed E-state index contributed by atoms with van der Waals surface area (Å²) >= 11 is 0. The quantitative estimate of drug-likeness (QED) is 0.748. The van der Waals surface area contributed by atoms with E-state index in [2.05, 4.69) is 0 Å². The Hall–Kier alpha value is -1.04. The molecule has 0 bridgehead atoms. The maximum Gasteiger partial charge on any atom is 0.401 e. The summed E-state index contributed by atoms with van der Waals surface area (Å²) in [6.07, 6.45) is -3.35. The highest BCUT2D eigenvalue weighted by Gasteiger charge is 2.31. The van der Waals surface area contributed by atoms with Crippen LogP contribution in [0.1, 0.15) is 20.8 Å². The van der Waals surface area contributed by atoms with Crippen LogP contribution in [0.3, 0.4) is 0 Å².